The Morgan fingerprint density at radius 1 is 1.37 bits per heavy atom. The van der Waals surface area contributed by atoms with Gasteiger partial charge in [0.05, 0.1) is 6.61 Å². The van der Waals surface area contributed by atoms with Gasteiger partial charge >= 0.3 is 0 Å². The first-order valence-electron chi connectivity index (χ1n) is 6.96. The zero-order chi connectivity index (χ0) is 13.8. The Balaban J connectivity index is 2.15. The number of carbonyl (C=O) groups excluding carboxylic acids is 1. The molecule has 0 unspecified atom stereocenters. The third-order valence-corrected chi connectivity index (χ3v) is 3.33. The second kappa shape index (κ2) is 5.95. The Morgan fingerprint density at radius 2 is 2.11 bits per heavy atom. The van der Waals surface area contributed by atoms with Crippen LogP contribution in [-0.2, 0) is 0 Å². The maximum atomic E-state index is 12.5. The van der Waals surface area contributed by atoms with Crippen LogP contribution in [0.3, 0.4) is 0 Å². The van der Waals surface area contributed by atoms with E-state index >= 15 is 0 Å². The standard InChI is InChI=1S/C15H22N2O2/c1-3-17(10-11-5-6-11)15(18)12-7-13(16)9-14(8-12)19-4-2/h7-9,11H,3-6,10,16H2,1-2H3. The van der Waals surface area contributed by atoms with Gasteiger partial charge in [-0.25, -0.2) is 0 Å². The van der Waals surface area contributed by atoms with E-state index in [1.807, 2.05) is 18.7 Å². The molecule has 4 heteroatoms. The molecule has 0 radical (unpaired) electrons. The number of amides is 1. The van der Waals surface area contributed by atoms with Crippen molar-refractivity contribution in [3.8, 4) is 5.75 Å². The molecule has 1 aromatic rings. The quantitative estimate of drug-likeness (QED) is 0.801. The van der Waals surface area contributed by atoms with Gasteiger partial charge < -0.3 is 15.4 Å². The Morgan fingerprint density at radius 3 is 2.68 bits per heavy atom. The maximum Gasteiger partial charge on any atom is 0.254 e. The van der Waals surface area contributed by atoms with E-state index in [0.29, 0.717) is 29.5 Å². The van der Waals surface area contributed by atoms with E-state index in [1.165, 1.54) is 12.8 Å². The minimum Gasteiger partial charge on any atom is -0.494 e. The largest absolute Gasteiger partial charge is 0.494 e. The van der Waals surface area contributed by atoms with Gasteiger partial charge in [-0.2, -0.15) is 0 Å². The average molecular weight is 262 g/mol. The molecular weight excluding hydrogens is 240 g/mol. The summed E-state index contributed by atoms with van der Waals surface area (Å²) >= 11 is 0. The fraction of sp³-hybridized carbons (Fsp3) is 0.533. The lowest BCUT2D eigenvalue weighted by molar-refractivity contribution is 0.0756. The molecule has 104 valence electrons. The molecular formula is C15H22N2O2. The minimum atomic E-state index is 0.0441. The molecule has 0 atom stereocenters. The van der Waals surface area contributed by atoms with Gasteiger partial charge in [0.25, 0.3) is 5.91 Å². The predicted molar refractivity (Wildman–Crippen MR) is 76.3 cm³/mol. The molecule has 0 bridgehead atoms. The van der Waals surface area contributed by atoms with Crippen molar-refractivity contribution in [2.24, 2.45) is 5.92 Å². The summed E-state index contributed by atoms with van der Waals surface area (Å²) in [5, 5.41) is 0. The normalized spacial score (nSPS) is 14.2. The lowest BCUT2D eigenvalue weighted by Crippen LogP contribution is -2.32. The smallest absolute Gasteiger partial charge is 0.254 e. The van der Waals surface area contributed by atoms with Gasteiger partial charge in [-0.3, -0.25) is 4.79 Å². The molecule has 1 fully saturated rings. The van der Waals surface area contributed by atoms with Gasteiger partial charge in [0.15, 0.2) is 0 Å². The lowest BCUT2D eigenvalue weighted by Gasteiger charge is -2.21. The van der Waals surface area contributed by atoms with Crippen molar-refractivity contribution in [2.45, 2.75) is 26.7 Å². The number of hydrogen-bond acceptors (Lipinski definition) is 3. The van der Waals surface area contributed by atoms with Crippen LogP contribution in [0.15, 0.2) is 18.2 Å². The van der Waals surface area contributed by atoms with E-state index in [1.54, 1.807) is 18.2 Å². The fourth-order valence-electron chi connectivity index (χ4n) is 2.15. The molecule has 0 aromatic heterocycles. The van der Waals surface area contributed by atoms with E-state index in [0.717, 1.165) is 13.1 Å². The van der Waals surface area contributed by atoms with E-state index < -0.39 is 0 Å². The third kappa shape index (κ3) is 3.63. The van der Waals surface area contributed by atoms with Crippen LogP contribution < -0.4 is 10.5 Å². The summed E-state index contributed by atoms with van der Waals surface area (Å²) in [4.78, 5) is 14.4. The molecule has 0 aliphatic heterocycles. The zero-order valence-corrected chi connectivity index (χ0v) is 11.7. The number of anilines is 1. The van der Waals surface area contributed by atoms with Crippen LogP contribution in [0, 0.1) is 5.92 Å². The van der Waals surface area contributed by atoms with Crippen LogP contribution in [0.2, 0.25) is 0 Å². The van der Waals surface area contributed by atoms with E-state index in [2.05, 4.69) is 0 Å². The number of rotatable bonds is 6. The van der Waals surface area contributed by atoms with Crippen molar-refractivity contribution in [1.29, 1.82) is 0 Å². The highest BCUT2D eigenvalue weighted by atomic mass is 16.5. The van der Waals surface area contributed by atoms with E-state index in [9.17, 15) is 4.79 Å². The minimum absolute atomic E-state index is 0.0441. The van der Waals surface area contributed by atoms with Crippen molar-refractivity contribution < 1.29 is 9.53 Å². The molecule has 19 heavy (non-hydrogen) atoms. The molecule has 1 aliphatic rings. The maximum absolute atomic E-state index is 12.5. The van der Waals surface area contributed by atoms with Crippen LogP contribution >= 0.6 is 0 Å². The van der Waals surface area contributed by atoms with E-state index in [-0.39, 0.29) is 5.91 Å². The first-order chi connectivity index (χ1) is 9.13. The Kier molecular flexibility index (Phi) is 4.30. The Hall–Kier alpha value is -1.71. The Bertz CT molecular complexity index is 455. The van der Waals surface area contributed by atoms with Gasteiger partial charge in [0.1, 0.15) is 5.75 Å². The second-order valence-electron chi connectivity index (χ2n) is 5.01. The summed E-state index contributed by atoms with van der Waals surface area (Å²) in [7, 11) is 0. The predicted octanol–water partition coefficient (Wildman–Crippen LogP) is 2.54. The number of nitrogens with two attached hydrogens (primary N) is 1. The molecule has 0 saturated heterocycles. The van der Waals surface area contributed by atoms with Gasteiger partial charge in [0.2, 0.25) is 0 Å². The first-order valence-corrected chi connectivity index (χ1v) is 6.96. The van der Waals surface area contributed by atoms with E-state index in [4.69, 9.17) is 10.5 Å². The number of ether oxygens (including phenoxy) is 1. The second-order valence-corrected chi connectivity index (χ2v) is 5.01. The summed E-state index contributed by atoms with van der Waals surface area (Å²) in [5.74, 6) is 1.40. The fourth-order valence-corrected chi connectivity index (χ4v) is 2.15. The molecule has 0 heterocycles. The molecule has 1 saturated carbocycles. The number of nitrogen functional groups attached to an aromatic ring is 1. The summed E-state index contributed by atoms with van der Waals surface area (Å²) in [5.41, 5.74) is 7.02. The molecule has 2 rings (SSSR count). The monoisotopic (exact) mass is 262 g/mol. The summed E-state index contributed by atoms with van der Waals surface area (Å²) in [6.07, 6.45) is 2.48. The number of carbonyl (C=O) groups is 1. The van der Waals surface area contributed by atoms with Gasteiger partial charge in [-0.05, 0) is 44.7 Å². The van der Waals surface area contributed by atoms with Crippen LogP contribution in [0.1, 0.15) is 37.0 Å². The van der Waals surface area contributed by atoms with Crippen LogP contribution in [-0.4, -0.2) is 30.5 Å². The topological polar surface area (TPSA) is 55.6 Å². The van der Waals surface area contributed by atoms with Crippen LogP contribution in [0.4, 0.5) is 5.69 Å². The SMILES string of the molecule is CCOc1cc(N)cc(C(=O)N(CC)CC2CC2)c1. The third-order valence-electron chi connectivity index (χ3n) is 3.33. The lowest BCUT2D eigenvalue weighted by atomic mass is 10.1. The summed E-state index contributed by atoms with van der Waals surface area (Å²) in [6.45, 7) is 6.07. The van der Waals surface area contributed by atoms with Crippen molar-refractivity contribution in [1.82, 2.24) is 4.90 Å². The van der Waals surface area contributed by atoms with Crippen molar-refractivity contribution in [2.75, 3.05) is 25.4 Å². The van der Waals surface area contributed by atoms with Gasteiger partial charge in [-0.15, -0.1) is 0 Å². The highest BCUT2D eigenvalue weighted by Crippen LogP contribution is 2.30. The average Bonchev–Trinajstić information content (AvgIpc) is 3.19. The highest BCUT2D eigenvalue weighted by molar-refractivity contribution is 5.95. The number of hydrogen-bond donors (Lipinski definition) is 1. The highest BCUT2D eigenvalue weighted by Gasteiger charge is 2.26. The van der Waals surface area contributed by atoms with Crippen LogP contribution in [0.5, 0.6) is 5.75 Å². The molecule has 1 aromatic carbocycles. The number of nitrogens with zero attached hydrogens (tertiary/aromatic N) is 1. The molecule has 2 N–H and O–H groups in total. The van der Waals surface area contributed by atoms with Gasteiger partial charge in [-0.1, -0.05) is 0 Å². The van der Waals surface area contributed by atoms with Crippen molar-refractivity contribution in [3.63, 3.8) is 0 Å². The summed E-state index contributed by atoms with van der Waals surface area (Å²) < 4.78 is 5.43. The first kappa shape index (κ1) is 13.7. The van der Waals surface area contributed by atoms with Crippen molar-refractivity contribution >= 4 is 11.6 Å². The molecule has 1 amide bonds. The molecule has 1 aliphatic carbocycles. The number of benzene rings is 1. The van der Waals surface area contributed by atoms with Crippen LogP contribution in [0.25, 0.3) is 0 Å². The van der Waals surface area contributed by atoms with Gasteiger partial charge in [0, 0.05) is 30.4 Å². The molecule has 4 nitrogen and oxygen atoms in total. The Labute approximate surface area is 114 Å². The zero-order valence-electron chi connectivity index (χ0n) is 11.7. The van der Waals surface area contributed by atoms with Crippen molar-refractivity contribution in [3.05, 3.63) is 23.8 Å². The molecule has 0 spiro atoms. The summed E-state index contributed by atoms with van der Waals surface area (Å²) in [6, 6.07) is 5.25.